The Morgan fingerprint density at radius 3 is 2.94 bits per heavy atom. The fourth-order valence-corrected chi connectivity index (χ4v) is 1.63. The maximum Gasteiger partial charge on any atom is 0.141 e. The lowest BCUT2D eigenvalue weighted by molar-refractivity contribution is 0.628. The van der Waals surface area contributed by atoms with Crippen molar-refractivity contribution in [3.63, 3.8) is 0 Å². The number of H-pyrrole nitrogens is 1. The molecule has 16 heavy (non-hydrogen) atoms. The van der Waals surface area contributed by atoms with Crippen molar-refractivity contribution in [2.24, 2.45) is 0 Å². The summed E-state index contributed by atoms with van der Waals surface area (Å²) in [6, 6.07) is 6.46. The first-order chi connectivity index (χ1) is 7.70. The summed E-state index contributed by atoms with van der Waals surface area (Å²) in [5.41, 5.74) is 2.52. The van der Waals surface area contributed by atoms with Crippen LogP contribution in [0.4, 0.5) is 4.39 Å². The number of halogens is 2. The van der Waals surface area contributed by atoms with Crippen LogP contribution in [0.2, 0.25) is 5.02 Å². The summed E-state index contributed by atoms with van der Waals surface area (Å²) in [5.74, 6) is -0.420. The van der Waals surface area contributed by atoms with Crippen molar-refractivity contribution < 1.29 is 4.39 Å². The van der Waals surface area contributed by atoms with Gasteiger partial charge in [-0.25, -0.2) is 4.39 Å². The second-order valence-electron chi connectivity index (χ2n) is 3.44. The lowest BCUT2D eigenvalue weighted by Gasteiger charge is -1.98. The van der Waals surface area contributed by atoms with E-state index in [0.717, 1.165) is 17.0 Å². The number of nitrogens with one attached hydrogen (secondary N) is 2. The molecule has 0 radical (unpaired) electrons. The van der Waals surface area contributed by atoms with Crippen LogP contribution in [0.3, 0.4) is 0 Å². The minimum absolute atomic E-state index is 0.107. The summed E-state index contributed by atoms with van der Waals surface area (Å²) < 4.78 is 13.0. The van der Waals surface area contributed by atoms with Crippen LogP contribution in [0.5, 0.6) is 0 Å². The van der Waals surface area contributed by atoms with Crippen LogP contribution < -0.4 is 5.32 Å². The Labute approximate surface area is 97.6 Å². The van der Waals surface area contributed by atoms with Gasteiger partial charge in [0.1, 0.15) is 5.82 Å². The average molecular weight is 240 g/mol. The van der Waals surface area contributed by atoms with E-state index in [9.17, 15) is 4.39 Å². The van der Waals surface area contributed by atoms with E-state index in [1.54, 1.807) is 12.1 Å². The molecule has 0 atom stereocenters. The summed E-state index contributed by atoms with van der Waals surface area (Å²) in [6.07, 6.45) is 0. The Morgan fingerprint density at radius 2 is 2.25 bits per heavy atom. The Balaban J connectivity index is 2.31. The molecule has 5 heteroatoms. The Hall–Kier alpha value is -1.39. The highest BCUT2D eigenvalue weighted by Crippen LogP contribution is 2.23. The molecule has 0 fully saturated rings. The van der Waals surface area contributed by atoms with E-state index in [-0.39, 0.29) is 5.02 Å². The zero-order chi connectivity index (χ0) is 11.5. The number of hydrogen-bond acceptors (Lipinski definition) is 2. The monoisotopic (exact) mass is 239 g/mol. The highest BCUT2D eigenvalue weighted by Gasteiger charge is 2.06. The molecule has 0 spiro atoms. The first-order valence-corrected chi connectivity index (χ1v) is 5.23. The van der Waals surface area contributed by atoms with Crippen molar-refractivity contribution in [2.75, 3.05) is 7.05 Å². The Kier molecular flexibility index (Phi) is 3.22. The lowest BCUT2D eigenvalue weighted by Crippen LogP contribution is -2.04. The summed E-state index contributed by atoms with van der Waals surface area (Å²) in [4.78, 5) is 0. The largest absolute Gasteiger partial charge is 0.314 e. The van der Waals surface area contributed by atoms with Crippen molar-refractivity contribution in [1.29, 1.82) is 0 Å². The lowest BCUT2D eigenvalue weighted by atomic mass is 10.1. The van der Waals surface area contributed by atoms with Gasteiger partial charge in [-0.2, -0.15) is 5.10 Å². The molecule has 0 aliphatic heterocycles. The predicted molar refractivity (Wildman–Crippen MR) is 61.8 cm³/mol. The molecule has 2 aromatic rings. The van der Waals surface area contributed by atoms with Gasteiger partial charge in [0, 0.05) is 17.8 Å². The van der Waals surface area contributed by atoms with E-state index in [1.165, 1.54) is 6.07 Å². The van der Waals surface area contributed by atoms with Crippen LogP contribution in [0.25, 0.3) is 11.3 Å². The standard InChI is InChI=1S/C11H11ClFN3/c1-14-6-8-5-11(16-15-8)7-2-3-10(13)9(12)4-7/h2-5,14H,6H2,1H3,(H,15,16). The summed E-state index contributed by atoms with van der Waals surface area (Å²) in [5, 5.41) is 10.1. The maximum absolute atomic E-state index is 13.0. The van der Waals surface area contributed by atoms with Crippen LogP contribution >= 0.6 is 11.6 Å². The zero-order valence-corrected chi connectivity index (χ0v) is 9.48. The molecule has 2 N–H and O–H groups in total. The molecule has 1 aromatic heterocycles. The number of aromatic amines is 1. The van der Waals surface area contributed by atoms with Gasteiger partial charge in [0.05, 0.1) is 10.7 Å². The minimum atomic E-state index is -0.420. The summed E-state index contributed by atoms with van der Waals surface area (Å²) in [6.45, 7) is 0.710. The molecule has 0 saturated heterocycles. The van der Waals surface area contributed by atoms with E-state index < -0.39 is 5.82 Å². The third-order valence-corrected chi connectivity index (χ3v) is 2.50. The second kappa shape index (κ2) is 4.63. The average Bonchev–Trinajstić information content (AvgIpc) is 2.71. The van der Waals surface area contributed by atoms with Gasteiger partial charge < -0.3 is 5.32 Å². The van der Waals surface area contributed by atoms with Gasteiger partial charge >= 0.3 is 0 Å². The van der Waals surface area contributed by atoms with Gasteiger partial charge in [-0.05, 0) is 31.3 Å². The van der Waals surface area contributed by atoms with Crippen LogP contribution in [0, 0.1) is 5.82 Å². The Bertz CT molecular complexity index is 496. The molecular formula is C11H11ClFN3. The van der Waals surface area contributed by atoms with Crippen molar-refractivity contribution in [3.05, 3.63) is 40.8 Å². The third-order valence-electron chi connectivity index (χ3n) is 2.21. The van der Waals surface area contributed by atoms with E-state index in [4.69, 9.17) is 11.6 Å². The second-order valence-corrected chi connectivity index (χ2v) is 3.84. The molecule has 2 rings (SSSR count). The van der Waals surface area contributed by atoms with Gasteiger partial charge in [0.25, 0.3) is 0 Å². The Morgan fingerprint density at radius 1 is 1.44 bits per heavy atom. The summed E-state index contributed by atoms with van der Waals surface area (Å²) >= 11 is 5.71. The molecule has 0 aliphatic carbocycles. The molecule has 0 unspecified atom stereocenters. The molecule has 0 saturated carbocycles. The number of benzene rings is 1. The van der Waals surface area contributed by atoms with E-state index in [2.05, 4.69) is 15.5 Å². The van der Waals surface area contributed by atoms with Crippen molar-refractivity contribution in [3.8, 4) is 11.3 Å². The SMILES string of the molecule is CNCc1cc(-c2ccc(F)c(Cl)c2)n[nH]1. The summed E-state index contributed by atoms with van der Waals surface area (Å²) in [7, 11) is 1.86. The minimum Gasteiger partial charge on any atom is -0.314 e. The van der Waals surface area contributed by atoms with Gasteiger partial charge in [-0.15, -0.1) is 0 Å². The molecule has 84 valence electrons. The highest BCUT2D eigenvalue weighted by atomic mass is 35.5. The molecule has 1 aromatic carbocycles. The molecule has 0 bridgehead atoms. The molecule has 0 aliphatic rings. The van der Waals surface area contributed by atoms with Crippen molar-refractivity contribution >= 4 is 11.6 Å². The number of hydrogen-bond donors (Lipinski definition) is 2. The predicted octanol–water partition coefficient (Wildman–Crippen LogP) is 2.59. The molecule has 0 amide bonds. The van der Waals surface area contributed by atoms with Gasteiger partial charge in [0.2, 0.25) is 0 Å². The van der Waals surface area contributed by atoms with Gasteiger partial charge in [0.15, 0.2) is 0 Å². The fraction of sp³-hybridized carbons (Fsp3) is 0.182. The number of aromatic nitrogens is 2. The van der Waals surface area contributed by atoms with E-state index >= 15 is 0 Å². The van der Waals surface area contributed by atoms with Crippen LogP contribution in [0.15, 0.2) is 24.3 Å². The van der Waals surface area contributed by atoms with Crippen molar-refractivity contribution in [2.45, 2.75) is 6.54 Å². The normalized spacial score (nSPS) is 10.7. The molecule has 1 heterocycles. The first-order valence-electron chi connectivity index (χ1n) is 4.85. The highest BCUT2D eigenvalue weighted by molar-refractivity contribution is 6.31. The van der Waals surface area contributed by atoms with Crippen molar-refractivity contribution in [1.82, 2.24) is 15.5 Å². The topological polar surface area (TPSA) is 40.7 Å². The smallest absolute Gasteiger partial charge is 0.141 e. The number of rotatable bonds is 3. The molecular weight excluding hydrogens is 229 g/mol. The first kappa shape index (κ1) is 11.1. The number of nitrogens with zero attached hydrogens (tertiary/aromatic N) is 1. The van der Waals surface area contributed by atoms with E-state index in [0.29, 0.717) is 6.54 Å². The zero-order valence-electron chi connectivity index (χ0n) is 8.72. The van der Waals surface area contributed by atoms with Crippen LogP contribution in [0.1, 0.15) is 5.69 Å². The fourth-order valence-electron chi connectivity index (χ4n) is 1.45. The van der Waals surface area contributed by atoms with Crippen LogP contribution in [-0.4, -0.2) is 17.2 Å². The van der Waals surface area contributed by atoms with Gasteiger partial charge in [-0.3, -0.25) is 5.10 Å². The maximum atomic E-state index is 13.0. The quantitative estimate of drug-likeness (QED) is 0.865. The van der Waals surface area contributed by atoms with Crippen LogP contribution in [-0.2, 0) is 6.54 Å². The van der Waals surface area contributed by atoms with E-state index in [1.807, 2.05) is 13.1 Å². The molecule has 3 nitrogen and oxygen atoms in total. The van der Waals surface area contributed by atoms with Gasteiger partial charge in [-0.1, -0.05) is 11.6 Å². The third kappa shape index (κ3) is 2.23.